The van der Waals surface area contributed by atoms with Crippen LogP contribution in [0.3, 0.4) is 0 Å². The van der Waals surface area contributed by atoms with E-state index < -0.39 is 0 Å². The van der Waals surface area contributed by atoms with Crippen LogP contribution in [-0.2, 0) is 25.3 Å². The first kappa shape index (κ1) is 13.6. The van der Waals surface area contributed by atoms with Gasteiger partial charge in [-0.2, -0.15) is 0 Å². The molecule has 0 amide bonds. The maximum Gasteiger partial charge on any atom is 1.00 e. The molecule has 7 heteroatoms. The van der Waals surface area contributed by atoms with Crippen LogP contribution >= 0.6 is 11.7 Å². The van der Waals surface area contributed by atoms with Gasteiger partial charge in [-0.25, -0.2) is 8.75 Å². The second-order valence-corrected chi connectivity index (χ2v) is 2.18. The van der Waals surface area contributed by atoms with E-state index >= 15 is 0 Å². The van der Waals surface area contributed by atoms with Gasteiger partial charge in [-0.05, 0) is 0 Å². The second kappa shape index (κ2) is 6.69. The van der Waals surface area contributed by atoms with Crippen LogP contribution in [-0.4, -0.2) is 8.75 Å². The maximum absolute atomic E-state index is 4.62. The predicted molar refractivity (Wildman–Crippen MR) is 31.2 cm³/mol. The Morgan fingerprint density at radius 2 is 1.33 bits per heavy atom. The molecule has 9 heavy (non-hydrogen) atoms. The van der Waals surface area contributed by atoms with Gasteiger partial charge in [0.15, 0.2) is 0 Å². The van der Waals surface area contributed by atoms with Crippen LogP contribution in [0.25, 0.3) is 0 Å². The first-order chi connectivity index (χ1) is 3.30. The Balaban J connectivity index is 0. The molecule has 0 aromatic carbocycles. The van der Waals surface area contributed by atoms with Crippen molar-refractivity contribution < 1.29 is 59.1 Å². The molecular formula is C2N2Na2S3. The number of hydrogen-bond donors (Lipinski definition) is 0. The zero-order valence-electron chi connectivity index (χ0n) is 5.12. The number of nitrogens with zero attached hydrogens (tertiary/aromatic N) is 2. The largest absolute Gasteiger partial charge is 1.00 e. The standard InChI is InChI=1S/C2H2N2S3.2Na/c5-1-2(6)4-7-3-1;;/h(H,3,5)(H,4,6);;/q;2*+1/p-2. The van der Waals surface area contributed by atoms with Crippen molar-refractivity contribution >= 4 is 37.0 Å². The van der Waals surface area contributed by atoms with Crippen LogP contribution in [0.1, 0.15) is 0 Å². The third-order valence-electron chi connectivity index (χ3n) is 0.430. The van der Waals surface area contributed by atoms with Gasteiger partial charge < -0.3 is 25.3 Å². The third-order valence-corrected chi connectivity index (χ3v) is 1.89. The van der Waals surface area contributed by atoms with Crippen molar-refractivity contribution in [1.82, 2.24) is 8.75 Å². The van der Waals surface area contributed by atoms with Crippen LogP contribution in [0.5, 0.6) is 0 Å². The summed E-state index contributed by atoms with van der Waals surface area (Å²) in [6.45, 7) is 0. The summed E-state index contributed by atoms with van der Waals surface area (Å²) in [5.74, 6) is 0. The van der Waals surface area contributed by atoms with Gasteiger partial charge in [0.05, 0.1) is 11.7 Å². The minimum Gasteiger partial charge on any atom is -0.759 e. The van der Waals surface area contributed by atoms with Gasteiger partial charge >= 0.3 is 59.1 Å². The molecule has 0 N–H and O–H groups in total. The summed E-state index contributed by atoms with van der Waals surface area (Å²) in [4.78, 5) is 0. The average molecular weight is 194 g/mol. The summed E-state index contributed by atoms with van der Waals surface area (Å²) in [6.07, 6.45) is 0. The van der Waals surface area contributed by atoms with Crippen LogP contribution in [0.4, 0.5) is 0 Å². The van der Waals surface area contributed by atoms with Crippen molar-refractivity contribution in [1.29, 1.82) is 0 Å². The topological polar surface area (TPSA) is 25.8 Å². The van der Waals surface area contributed by atoms with Crippen LogP contribution in [0, 0.1) is 0 Å². The summed E-state index contributed by atoms with van der Waals surface area (Å²) < 4.78 is 7.31. The van der Waals surface area contributed by atoms with Crippen LogP contribution in [0.2, 0.25) is 0 Å². The van der Waals surface area contributed by atoms with Crippen molar-refractivity contribution in [3.05, 3.63) is 0 Å². The molecule has 0 spiro atoms. The molecule has 0 bridgehead atoms. The van der Waals surface area contributed by atoms with E-state index in [4.69, 9.17) is 0 Å². The van der Waals surface area contributed by atoms with E-state index in [-0.39, 0.29) is 59.1 Å². The Morgan fingerprint density at radius 3 is 1.44 bits per heavy atom. The normalized spacial score (nSPS) is 7.11. The van der Waals surface area contributed by atoms with E-state index in [1.807, 2.05) is 0 Å². The van der Waals surface area contributed by atoms with E-state index in [1.165, 1.54) is 0 Å². The molecule has 2 nitrogen and oxygen atoms in total. The summed E-state index contributed by atoms with van der Waals surface area (Å²) in [5, 5.41) is 0.889. The molecule has 0 aliphatic heterocycles. The van der Waals surface area contributed by atoms with Gasteiger partial charge in [0.1, 0.15) is 0 Å². The molecule has 1 heterocycles. The number of hydrogen-bond acceptors (Lipinski definition) is 5. The van der Waals surface area contributed by atoms with Gasteiger partial charge in [-0.1, -0.05) is 10.1 Å². The molecular weight excluding hydrogens is 194 g/mol. The fourth-order valence-corrected chi connectivity index (χ4v) is 0.942. The van der Waals surface area contributed by atoms with Crippen molar-refractivity contribution in [2.24, 2.45) is 0 Å². The van der Waals surface area contributed by atoms with Crippen molar-refractivity contribution in [3.63, 3.8) is 0 Å². The smallest absolute Gasteiger partial charge is 0.759 e. The minimum atomic E-state index is 0. The maximum atomic E-state index is 4.62. The molecule has 0 radical (unpaired) electrons. The molecule has 0 saturated carbocycles. The summed E-state index contributed by atoms with van der Waals surface area (Å²) >= 11 is 10.3. The SMILES string of the molecule is [Na+].[Na+].[S-]c1nsnc1[S-]. The minimum absolute atomic E-state index is 0. The molecule has 0 saturated heterocycles. The zero-order chi connectivity index (χ0) is 5.28. The van der Waals surface area contributed by atoms with Gasteiger partial charge in [0, 0.05) is 0 Å². The molecule has 0 unspecified atom stereocenters. The first-order valence-electron chi connectivity index (χ1n) is 1.47. The molecule has 1 aromatic heterocycles. The molecule has 0 atom stereocenters. The van der Waals surface area contributed by atoms with Gasteiger partial charge in [0.25, 0.3) is 0 Å². The molecule has 1 rings (SSSR count). The zero-order valence-corrected chi connectivity index (χ0v) is 11.6. The van der Waals surface area contributed by atoms with Crippen molar-refractivity contribution in [2.75, 3.05) is 0 Å². The quantitative estimate of drug-likeness (QED) is 0.304. The fraction of sp³-hybridized carbons (Fsp3) is 0. The Morgan fingerprint density at radius 1 is 1.00 bits per heavy atom. The monoisotopic (exact) mass is 194 g/mol. The third kappa shape index (κ3) is 4.44. The molecule has 1 aromatic rings. The summed E-state index contributed by atoms with van der Waals surface area (Å²) in [6, 6.07) is 0. The Bertz CT molecular complexity index is 150. The van der Waals surface area contributed by atoms with E-state index in [1.54, 1.807) is 0 Å². The van der Waals surface area contributed by atoms with E-state index in [0.29, 0.717) is 10.1 Å². The number of rotatable bonds is 0. The Kier molecular flexibility index (Phi) is 10.1. The van der Waals surface area contributed by atoms with Crippen LogP contribution < -0.4 is 59.1 Å². The van der Waals surface area contributed by atoms with E-state index in [0.717, 1.165) is 11.7 Å². The van der Waals surface area contributed by atoms with Gasteiger partial charge in [-0.15, -0.1) is 0 Å². The van der Waals surface area contributed by atoms with E-state index in [2.05, 4.69) is 34.0 Å². The molecule has 0 aliphatic carbocycles. The second-order valence-electron chi connectivity index (χ2n) is 0.875. The Labute approximate surface area is 113 Å². The molecule has 0 fully saturated rings. The van der Waals surface area contributed by atoms with Crippen LogP contribution in [0.15, 0.2) is 10.1 Å². The van der Waals surface area contributed by atoms with Gasteiger partial charge in [0.2, 0.25) is 0 Å². The molecule has 0 aliphatic rings. The van der Waals surface area contributed by atoms with Crippen molar-refractivity contribution in [3.8, 4) is 0 Å². The van der Waals surface area contributed by atoms with Crippen molar-refractivity contribution in [2.45, 2.75) is 10.1 Å². The van der Waals surface area contributed by atoms with Gasteiger partial charge in [-0.3, -0.25) is 0 Å². The number of aromatic nitrogens is 2. The Hall–Kier alpha value is 2.00. The van der Waals surface area contributed by atoms with E-state index in [9.17, 15) is 0 Å². The molecule has 38 valence electrons. The fourth-order valence-electron chi connectivity index (χ4n) is 0.173. The predicted octanol–water partition coefficient (Wildman–Crippen LogP) is -5.64. The first-order valence-corrected chi connectivity index (χ1v) is 3.02. The summed E-state index contributed by atoms with van der Waals surface area (Å²) in [5.41, 5.74) is 0. The average Bonchev–Trinajstić information content (AvgIpc) is 1.91. The summed E-state index contributed by atoms with van der Waals surface area (Å²) in [7, 11) is 0.